The van der Waals surface area contributed by atoms with E-state index in [4.69, 9.17) is 21.1 Å². The fourth-order valence-corrected chi connectivity index (χ4v) is 2.92. The third-order valence-corrected chi connectivity index (χ3v) is 4.42. The molecule has 0 radical (unpaired) electrons. The van der Waals surface area contributed by atoms with Crippen LogP contribution in [0.3, 0.4) is 0 Å². The third-order valence-electron chi connectivity index (χ3n) is 4.10. The first-order valence-corrected chi connectivity index (χ1v) is 9.69. The lowest BCUT2D eigenvalue weighted by atomic mass is 10.2. The number of alkyl halides is 3. The molecule has 3 rings (SSSR count). The van der Waals surface area contributed by atoms with Crippen LogP contribution in [0.2, 0.25) is 5.02 Å². The molecule has 0 unspecified atom stereocenters. The van der Waals surface area contributed by atoms with Crippen LogP contribution in [-0.2, 0) is 15.7 Å². The van der Waals surface area contributed by atoms with E-state index in [0.717, 1.165) is 4.68 Å². The Morgan fingerprint density at radius 3 is 2.50 bits per heavy atom. The summed E-state index contributed by atoms with van der Waals surface area (Å²) in [6.45, 7) is 1.15. The quantitative estimate of drug-likeness (QED) is 0.508. The van der Waals surface area contributed by atoms with Crippen LogP contribution in [0.15, 0.2) is 54.6 Å². The SMILES string of the molecule is CCOC(=O)c1ccccc1NC(=O)COc1cc(C(F)(F)F)nn1-c1ccccc1Cl. The lowest BCUT2D eigenvalue weighted by molar-refractivity contribution is -0.141. The number of hydrogen-bond donors (Lipinski definition) is 1. The Hall–Kier alpha value is -3.53. The summed E-state index contributed by atoms with van der Waals surface area (Å²) in [5, 5.41) is 6.15. The van der Waals surface area contributed by atoms with E-state index < -0.39 is 30.4 Å². The minimum absolute atomic E-state index is 0.128. The second-order valence-corrected chi connectivity index (χ2v) is 6.74. The van der Waals surface area contributed by atoms with E-state index in [1.54, 1.807) is 31.2 Å². The van der Waals surface area contributed by atoms with Crippen molar-refractivity contribution < 1.29 is 32.2 Å². The van der Waals surface area contributed by atoms with Crippen molar-refractivity contribution in [3.05, 3.63) is 70.9 Å². The Bertz CT molecular complexity index is 1130. The number of nitrogens with one attached hydrogen (secondary N) is 1. The summed E-state index contributed by atoms with van der Waals surface area (Å²) >= 11 is 6.08. The minimum atomic E-state index is -4.73. The molecule has 1 N–H and O–H groups in total. The molecule has 0 saturated heterocycles. The van der Waals surface area contributed by atoms with Gasteiger partial charge in [0.1, 0.15) is 0 Å². The summed E-state index contributed by atoms with van der Waals surface area (Å²) in [4.78, 5) is 24.4. The Kier molecular flexibility index (Phi) is 7.04. The number of rotatable bonds is 7. The second kappa shape index (κ2) is 9.73. The number of anilines is 1. The number of halogens is 4. The molecule has 0 fully saturated rings. The minimum Gasteiger partial charge on any atom is -0.467 e. The number of amides is 1. The van der Waals surface area contributed by atoms with Gasteiger partial charge in [0.25, 0.3) is 5.91 Å². The van der Waals surface area contributed by atoms with E-state index in [1.165, 1.54) is 24.3 Å². The van der Waals surface area contributed by atoms with Gasteiger partial charge in [-0.05, 0) is 31.2 Å². The average Bonchev–Trinajstić information content (AvgIpc) is 3.18. The second-order valence-electron chi connectivity index (χ2n) is 6.33. The van der Waals surface area contributed by atoms with Gasteiger partial charge in [-0.15, -0.1) is 0 Å². The van der Waals surface area contributed by atoms with E-state index in [9.17, 15) is 22.8 Å². The highest BCUT2D eigenvalue weighted by molar-refractivity contribution is 6.32. The molecule has 11 heteroatoms. The fourth-order valence-electron chi connectivity index (χ4n) is 2.71. The van der Waals surface area contributed by atoms with E-state index >= 15 is 0 Å². The van der Waals surface area contributed by atoms with Crippen LogP contribution in [-0.4, -0.2) is 34.9 Å². The van der Waals surface area contributed by atoms with E-state index in [1.807, 2.05) is 0 Å². The van der Waals surface area contributed by atoms with Crippen LogP contribution in [0.1, 0.15) is 23.0 Å². The maximum atomic E-state index is 13.2. The number of benzene rings is 2. The molecule has 0 aliphatic rings. The molecular weight excluding hydrogens is 451 g/mol. The zero-order chi connectivity index (χ0) is 23.3. The molecule has 0 aliphatic carbocycles. The molecular formula is C21H17ClF3N3O4. The van der Waals surface area contributed by atoms with Gasteiger partial charge in [-0.3, -0.25) is 4.79 Å². The Labute approximate surface area is 185 Å². The molecule has 0 spiro atoms. The van der Waals surface area contributed by atoms with Gasteiger partial charge in [-0.2, -0.15) is 23.0 Å². The lowest BCUT2D eigenvalue weighted by Crippen LogP contribution is -2.22. The number of carbonyl (C=O) groups excluding carboxylic acids is 2. The predicted molar refractivity (Wildman–Crippen MR) is 110 cm³/mol. The van der Waals surface area contributed by atoms with E-state index in [2.05, 4.69) is 10.4 Å². The number of nitrogens with zero attached hydrogens (tertiary/aromatic N) is 2. The predicted octanol–water partition coefficient (Wildman–Crippen LogP) is 4.74. The number of carbonyl (C=O) groups is 2. The smallest absolute Gasteiger partial charge is 0.435 e. The van der Waals surface area contributed by atoms with Gasteiger partial charge >= 0.3 is 12.1 Å². The first-order valence-electron chi connectivity index (χ1n) is 9.31. The first kappa shape index (κ1) is 23.1. The van der Waals surface area contributed by atoms with Crippen molar-refractivity contribution in [3.8, 4) is 11.6 Å². The molecule has 1 amide bonds. The van der Waals surface area contributed by atoms with Gasteiger partial charge in [-0.25, -0.2) is 4.79 Å². The molecule has 1 heterocycles. The molecule has 3 aromatic rings. The van der Waals surface area contributed by atoms with Crippen molar-refractivity contribution in [1.82, 2.24) is 9.78 Å². The molecule has 1 aromatic heterocycles. The fraction of sp³-hybridized carbons (Fsp3) is 0.190. The van der Waals surface area contributed by atoms with Gasteiger partial charge in [0.2, 0.25) is 5.88 Å². The highest BCUT2D eigenvalue weighted by atomic mass is 35.5. The summed E-state index contributed by atoms with van der Waals surface area (Å²) in [7, 11) is 0. The molecule has 0 atom stereocenters. The van der Waals surface area contributed by atoms with Crippen LogP contribution in [0.4, 0.5) is 18.9 Å². The Morgan fingerprint density at radius 2 is 1.81 bits per heavy atom. The summed E-state index contributed by atoms with van der Waals surface area (Å²) < 4.78 is 50.7. The number of para-hydroxylation sites is 2. The maximum absolute atomic E-state index is 13.2. The third kappa shape index (κ3) is 5.38. The van der Waals surface area contributed by atoms with E-state index in [-0.39, 0.29) is 34.4 Å². The highest BCUT2D eigenvalue weighted by Gasteiger charge is 2.36. The van der Waals surface area contributed by atoms with Crippen LogP contribution < -0.4 is 10.1 Å². The van der Waals surface area contributed by atoms with Crippen molar-refractivity contribution >= 4 is 29.2 Å². The number of ether oxygens (including phenoxy) is 2. The molecule has 32 heavy (non-hydrogen) atoms. The van der Waals surface area contributed by atoms with Crippen molar-refractivity contribution in [2.75, 3.05) is 18.5 Å². The first-order chi connectivity index (χ1) is 15.2. The molecule has 0 bridgehead atoms. The summed E-state index contributed by atoms with van der Waals surface area (Å²) in [6, 6.07) is 12.9. The average molecular weight is 468 g/mol. The van der Waals surface area contributed by atoms with Crippen LogP contribution >= 0.6 is 11.6 Å². The summed E-state index contributed by atoms with van der Waals surface area (Å²) in [5.74, 6) is -1.67. The zero-order valence-corrected chi connectivity index (χ0v) is 17.4. The van der Waals surface area contributed by atoms with Crippen LogP contribution in [0.5, 0.6) is 5.88 Å². The largest absolute Gasteiger partial charge is 0.467 e. The van der Waals surface area contributed by atoms with Gasteiger partial charge < -0.3 is 14.8 Å². The molecule has 2 aromatic carbocycles. The van der Waals surface area contributed by atoms with Gasteiger partial charge in [-0.1, -0.05) is 35.9 Å². The molecule has 0 aliphatic heterocycles. The van der Waals surface area contributed by atoms with Crippen molar-refractivity contribution in [2.24, 2.45) is 0 Å². The monoisotopic (exact) mass is 467 g/mol. The van der Waals surface area contributed by atoms with Crippen molar-refractivity contribution in [3.63, 3.8) is 0 Å². The Balaban J connectivity index is 1.80. The normalized spacial score (nSPS) is 11.2. The Morgan fingerprint density at radius 1 is 1.12 bits per heavy atom. The molecule has 0 saturated carbocycles. The van der Waals surface area contributed by atoms with Gasteiger partial charge in [0, 0.05) is 6.07 Å². The number of esters is 1. The number of aromatic nitrogens is 2. The highest BCUT2D eigenvalue weighted by Crippen LogP contribution is 2.33. The molecule has 168 valence electrons. The van der Waals surface area contributed by atoms with Crippen molar-refractivity contribution in [1.29, 1.82) is 0 Å². The van der Waals surface area contributed by atoms with Crippen molar-refractivity contribution in [2.45, 2.75) is 13.1 Å². The number of hydrogen-bond acceptors (Lipinski definition) is 5. The maximum Gasteiger partial charge on any atom is 0.435 e. The van der Waals surface area contributed by atoms with Crippen LogP contribution in [0.25, 0.3) is 5.69 Å². The standard InChI is InChI=1S/C21H17ClF3N3O4/c1-2-31-20(30)13-7-3-5-9-15(13)26-18(29)12-32-19-11-17(21(23,24)25)27-28(19)16-10-6-4-8-14(16)22/h3-11H,2,12H2,1H3,(H,26,29). The summed E-state index contributed by atoms with van der Waals surface area (Å²) in [5.41, 5.74) is -0.758. The van der Waals surface area contributed by atoms with Gasteiger partial charge in [0.05, 0.1) is 28.6 Å². The summed E-state index contributed by atoms with van der Waals surface area (Å²) in [6.07, 6.45) is -4.73. The zero-order valence-electron chi connectivity index (χ0n) is 16.6. The van der Waals surface area contributed by atoms with Crippen LogP contribution in [0, 0.1) is 0 Å². The van der Waals surface area contributed by atoms with E-state index in [0.29, 0.717) is 6.07 Å². The topological polar surface area (TPSA) is 82.4 Å². The van der Waals surface area contributed by atoms with Gasteiger partial charge in [0.15, 0.2) is 12.3 Å². The lowest BCUT2D eigenvalue weighted by Gasteiger charge is -2.12. The molecule has 7 nitrogen and oxygen atoms in total.